The van der Waals surface area contributed by atoms with Crippen LogP contribution in [-0.2, 0) is 4.74 Å². The van der Waals surface area contributed by atoms with Gasteiger partial charge in [0.15, 0.2) is 0 Å². The quantitative estimate of drug-likeness (QED) is 0.716. The average Bonchev–Trinajstić information content (AvgIpc) is 2.36. The Balaban J connectivity index is 2.40. The second-order valence-corrected chi connectivity index (χ2v) is 6.71. The highest BCUT2D eigenvalue weighted by Gasteiger charge is 2.28. The molecule has 0 aliphatic carbocycles. The van der Waals surface area contributed by atoms with Gasteiger partial charge in [-0.15, -0.1) is 0 Å². The molecule has 1 unspecified atom stereocenters. The second-order valence-electron chi connectivity index (χ2n) is 6.71. The van der Waals surface area contributed by atoms with Crippen LogP contribution in [0.15, 0.2) is 0 Å². The van der Waals surface area contributed by atoms with Crippen LogP contribution in [0.5, 0.6) is 0 Å². The third kappa shape index (κ3) is 5.68. The van der Waals surface area contributed by atoms with Crippen molar-refractivity contribution < 1.29 is 9.84 Å². The van der Waals surface area contributed by atoms with E-state index in [0.717, 1.165) is 38.9 Å². The van der Waals surface area contributed by atoms with E-state index in [-0.39, 0.29) is 12.1 Å². The molecule has 0 spiro atoms. The minimum absolute atomic E-state index is 0.113. The van der Waals surface area contributed by atoms with Crippen molar-refractivity contribution in [2.75, 3.05) is 26.2 Å². The molecule has 1 fully saturated rings. The number of hydrogen-bond donors (Lipinski definition) is 2. The summed E-state index contributed by atoms with van der Waals surface area (Å²) in [6.45, 7) is 14.1. The van der Waals surface area contributed by atoms with Gasteiger partial charge in [-0.05, 0) is 39.7 Å². The van der Waals surface area contributed by atoms with Crippen molar-refractivity contribution in [1.82, 2.24) is 10.2 Å². The molecule has 1 heterocycles. The van der Waals surface area contributed by atoms with Crippen molar-refractivity contribution >= 4 is 0 Å². The zero-order valence-corrected chi connectivity index (χ0v) is 14.0. The highest BCUT2D eigenvalue weighted by Crippen LogP contribution is 2.19. The maximum atomic E-state index is 9.75. The number of morpholine rings is 1. The molecule has 2 N–H and O–H groups in total. The van der Waals surface area contributed by atoms with E-state index in [1.807, 2.05) is 0 Å². The number of aliphatic hydroxyl groups is 1. The minimum atomic E-state index is -0.113. The van der Waals surface area contributed by atoms with Gasteiger partial charge >= 0.3 is 0 Å². The highest BCUT2D eigenvalue weighted by atomic mass is 16.5. The van der Waals surface area contributed by atoms with Gasteiger partial charge in [0.2, 0.25) is 0 Å². The normalized spacial score (nSPS) is 27.8. The van der Waals surface area contributed by atoms with E-state index in [2.05, 4.69) is 44.8 Å². The summed E-state index contributed by atoms with van der Waals surface area (Å²) in [7, 11) is 0. The summed E-state index contributed by atoms with van der Waals surface area (Å²) >= 11 is 0. The van der Waals surface area contributed by atoms with Gasteiger partial charge < -0.3 is 15.2 Å². The summed E-state index contributed by atoms with van der Waals surface area (Å²) in [4.78, 5) is 2.49. The molecule has 20 heavy (non-hydrogen) atoms. The molecule has 0 radical (unpaired) electrons. The van der Waals surface area contributed by atoms with E-state index in [1.165, 1.54) is 0 Å². The zero-order chi connectivity index (χ0) is 15.2. The Morgan fingerprint density at radius 2 is 1.90 bits per heavy atom. The molecule has 0 aromatic rings. The van der Waals surface area contributed by atoms with E-state index in [1.54, 1.807) is 0 Å². The Kier molecular flexibility index (Phi) is 7.45. The van der Waals surface area contributed by atoms with Crippen LogP contribution in [0.1, 0.15) is 53.9 Å². The van der Waals surface area contributed by atoms with Crippen LogP contribution < -0.4 is 5.32 Å². The fourth-order valence-electron chi connectivity index (χ4n) is 3.31. The van der Waals surface area contributed by atoms with Crippen LogP contribution in [0.3, 0.4) is 0 Å². The Hall–Kier alpha value is -0.160. The van der Waals surface area contributed by atoms with Crippen LogP contribution >= 0.6 is 0 Å². The summed E-state index contributed by atoms with van der Waals surface area (Å²) in [6, 6.07) is 0.408. The first-order chi connectivity index (χ1) is 9.40. The molecule has 3 atom stereocenters. The lowest BCUT2D eigenvalue weighted by Gasteiger charge is -2.37. The molecule has 1 aliphatic heterocycles. The lowest BCUT2D eigenvalue weighted by Crippen LogP contribution is -2.52. The maximum Gasteiger partial charge on any atom is 0.0678 e. The fourth-order valence-corrected chi connectivity index (χ4v) is 3.31. The van der Waals surface area contributed by atoms with Gasteiger partial charge in [-0.1, -0.05) is 20.8 Å². The van der Waals surface area contributed by atoms with Crippen molar-refractivity contribution in [3.63, 3.8) is 0 Å². The van der Waals surface area contributed by atoms with Gasteiger partial charge in [0.1, 0.15) is 0 Å². The van der Waals surface area contributed by atoms with E-state index >= 15 is 0 Å². The zero-order valence-electron chi connectivity index (χ0n) is 14.0. The monoisotopic (exact) mass is 286 g/mol. The molecule has 0 aromatic carbocycles. The first-order valence-electron chi connectivity index (χ1n) is 8.17. The fraction of sp³-hybridized carbons (Fsp3) is 1.00. The molecular weight excluding hydrogens is 252 g/mol. The van der Waals surface area contributed by atoms with Crippen molar-refractivity contribution in [3.8, 4) is 0 Å². The highest BCUT2D eigenvalue weighted by molar-refractivity contribution is 4.88. The first kappa shape index (κ1) is 17.9. The maximum absolute atomic E-state index is 9.75. The van der Waals surface area contributed by atoms with Gasteiger partial charge in [-0.3, -0.25) is 4.90 Å². The van der Waals surface area contributed by atoms with Gasteiger partial charge in [0.25, 0.3) is 0 Å². The third-order valence-electron chi connectivity index (χ3n) is 4.20. The molecule has 0 aromatic heterocycles. The number of hydrogen-bond acceptors (Lipinski definition) is 4. The summed E-state index contributed by atoms with van der Waals surface area (Å²) in [6.07, 6.45) is 3.78. The minimum Gasteiger partial charge on any atom is -0.394 e. The SMILES string of the molecule is CCC(CO)(CCCN1C[C@@H](C)O[C@@H](C)C1)NC(C)C. The summed E-state index contributed by atoms with van der Waals surface area (Å²) in [5.41, 5.74) is -0.113. The number of ether oxygens (including phenoxy) is 1. The van der Waals surface area contributed by atoms with Gasteiger partial charge in [-0.25, -0.2) is 0 Å². The molecule has 0 amide bonds. The topological polar surface area (TPSA) is 44.7 Å². The van der Waals surface area contributed by atoms with E-state index in [4.69, 9.17) is 4.74 Å². The Morgan fingerprint density at radius 1 is 1.30 bits per heavy atom. The summed E-state index contributed by atoms with van der Waals surface area (Å²) < 4.78 is 5.76. The first-order valence-corrected chi connectivity index (χ1v) is 8.17. The number of rotatable bonds is 8. The van der Waals surface area contributed by atoms with Crippen molar-refractivity contribution in [1.29, 1.82) is 0 Å². The van der Waals surface area contributed by atoms with Gasteiger partial charge in [0.05, 0.1) is 18.8 Å². The van der Waals surface area contributed by atoms with Crippen LogP contribution in [0.25, 0.3) is 0 Å². The van der Waals surface area contributed by atoms with Gasteiger partial charge in [-0.2, -0.15) is 0 Å². The van der Waals surface area contributed by atoms with Crippen LogP contribution in [-0.4, -0.2) is 60.0 Å². The number of aliphatic hydroxyl groups excluding tert-OH is 1. The molecule has 0 saturated carbocycles. The molecule has 1 rings (SSSR count). The molecule has 0 bridgehead atoms. The van der Waals surface area contributed by atoms with Gasteiger partial charge in [0, 0.05) is 24.7 Å². The summed E-state index contributed by atoms with van der Waals surface area (Å²) in [5, 5.41) is 13.3. The summed E-state index contributed by atoms with van der Waals surface area (Å²) in [5.74, 6) is 0. The van der Waals surface area contributed by atoms with Crippen molar-refractivity contribution in [2.24, 2.45) is 0 Å². The van der Waals surface area contributed by atoms with Crippen molar-refractivity contribution in [2.45, 2.75) is 77.7 Å². The predicted molar refractivity (Wildman–Crippen MR) is 84.1 cm³/mol. The molecule has 4 nitrogen and oxygen atoms in total. The Morgan fingerprint density at radius 3 is 2.35 bits per heavy atom. The van der Waals surface area contributed by atoms with Crippen LogP contribution in [0.2, 0.25) is 0 Å². The average molecular weight is 286 g/mol. The second kappa shape index (κ2) is 8.32. The van der Waals surface area contributed by atoms with E-state index < -0.39 is 0 Å². The molecule has 1 saturated heterocycles. The molecule has 1 aliphatic rings. The van der Waals surface area contributed by atoms with Crippen LogP contribution in [0.4, 0.5) is 0 Å². The molecule has 120 valence electrons. The predicted octanol–water partition coefficient (Wildman–Crippen LogP) is 2.01. The largest absolute Gasteiger partial charge is 0.394 e. The lowest BCUT2D eigenvalue weighted by atomic mass is 9.90. The molecular formula is C16H34N2O2. The number of nitrogens with zero attached hydrogens (tertiary/aromatic N) is 1. The van der Waals surface area contributed by atoms with E-state index in [0.29, 0.717) is 18.2 Å². The van der Waals surface area contributed by atoms with Crippen LogP contribution in [0, 0.1) is 0 Å². The standard InChI is InChI=1S/C16H34N2O2/c1-6-16(12-19,17-13(2)3)8-7-9-18-10-14(4)20-15(5)11-18/h13-15,17,19H,6-12H2,1-5H3/t14-,15+,16?. The van der Waals surface area contributed by atoms with Crippen molar-refractivity contribution in [3.05, 3.63) is 0 Å². The number of nitrogens with one attached hydrogen (secondary N) is 1. The lowest BCUT2D eigenvalue weighted by molar-refractivity contribution is -0.0686. The smallest absolute Gasteiger partial charge is 0.0678 e. The Bertz CT molecular complexity index is 257. The third-order valence-corrected chi connectivity index (χ3v) is 4.20. The van der Waals surface area contributed by atoms with E-state index in [9.17, 15) is 5.11 Å². The Labute approximate surface area is 124 Å². The molecule has 4 heteroatoms.